The Labute approximate surface area is 257 Å². The Morgan fingerprint density at radius 2 is 1.40 bits per heavy atom. The lowest BCUT2D eigenvalue weighted by molar-refractivity contribution is -0.114. The van der Waals surface area contributed by atoms with E-state index in [2.05, 4.69) is 16.0 Å². The molecular formula is C32H25Cl2N3O4S. The molecule has 42 heavy (non-hydrogen) atoms. The maximum atomic E-state index is 13.3. The molecule has 0 bridgehead atoms. The van der Waals surface area contributed by atoms with E-state index < -0.39 is 11.8 Å². The van der Waals surface area contributed by atoms with Crippen LogP contribution in [0.4, 0.5) is 11.4 Å². The van der Waals surface area contributed by atoms with Crippen LogP contribution in [0.1, 0.15) is 33.2 Å². The molecule has 212 valence electrons. The van der Waals surface area contributed by atoms with Gasteiger partial charge in [-0.15, -0.1) is 11.8 Å². The van der Waals surface area contributed by atoms with Gasteiger partial charge in [-0.25, -0.2) is 0 Å². The quantitative estimate of drug-likeness (QED) is 0.0981. The zero-order chi connectivity index (χ0) is 30.1. The molecule has 0 aliphatic rings. The van der Waals surface area contributed by atoms with Crippen LogP contribution in [0.2, 0.25) is 10.0 Å². The van der Waals surface area contributed by atoms with Crippen LogP contribution in [0.3, 0.4) is 0 Å². The second kappa shape index (κ2) is 14.5. The molecule has 4 aromatic rings. The van der Waals surface area contributed by atoms with Crippen LogP contribution in [-0.4, -0.2) is 29.3 Å². The summed E-state index contributed by atoms with van der Waals surface area (Å²) in [5.41, 5.74) is 2.54. The first-order valence-corrected chi connectivity index (χ1v) is 14.4. The van der Waals surface area contributed by atoms with Crippen molar-refractivity contribution < 1.29 is 19.2 Å². The number of carbonyl (C=O) groups excluding carboxylic acids is 4. The van der Waals surface area contributed by atoms with Crippen LogP contribution in [-0.2, 0) is 9.59 Å². The van der Waals surface area contributed by atoms with E-state index in [0.29, 0.717) is 38.1 Å². The van der Waals surface area contributed by atoms with Gasteiger partial charge in [0.25, 0.3) is 11.8 Å². The Hall–Kier alpha value is -4.37. The Morgan fingerprint density at radius 3 is 2.05 bits per heavy atom. The van der Waals surface area contributed by atoms with Gasteiger partial charge in [0.05, 0.1) is 5.75 Å². The standard InChI is InChI=1S/C32H25Cl2N3O4S/c1-20(38)21-8-11-25(12-9-21)35-30(39)19-42-27-15-13-26(14-16-27)36-32(41)29(17-23-7-10-24(33)18-28(23)34)37-31(40)22-5-3-2-4-6-22/h2-18H,19H2,1H3,(H,35,39)(H,36,41)(H,37,40)/b29-17-. The number of benzene rings is 4. The average molecular weight is 619 g/mol. The zero-order valence-corrected chi connectivity index (χ0v) is 24.6. The number of nitrogens with one attached hydrogen (secondary N) is 3. The first-order chi connectivity index (χ1) is 20.2. The summed E-state index contributed by atoms with van der Waals surface area (Å²) < 4.78 is 0. The van der Waals surface area contributed by atoms with Crippen molar-refractivity contribution in [2.45, 2.75) is 11.8 Å². The highest BCUT2D eigenvalue weighted by Gasteiger charge is 2.16. The van der Waals surface area contributed by atoms with Gasteiger partial charge in [0.15, 0.2) is 5.78 Å². The number of thioether (sulfide) groups is 1. The molecule has 0 heterocycles. The number of Topliss-reactive ketones (excluding diaryl/α,β-unsaturated/α-hetero) is 1. The van der Waals surface area contributed by atoms with Crippen molar-refractivity contribution in [2.24, 2.45) is 0 Å². The second-order valence-corrected chi connectivity index (χ2v) is 10.9. The first kappa shape index (κ1) is 30.6. The summed E-state index contributed by atoms with van der Waals surface area (Å²) in [6.07, 6.45) is 1.48. The van der Waals surface area contributed by atoms with Gasteiger partial charge in [0.1, 0.15) is 5.70 Å². The number of amides is 3. The number of halogens is 2. The van der Waals surface area contributed by atoms with E-state index in [4.69, 9.17) is 23.2 Å². The van der Waals surface area contributed by atoms with E-state index in [1.807, 2.05) is 0 Å². The summed E-state index contributed by atoms with van der Waals surface area (Å²) >= 11 is 13.6. The third kappa shape index (κ3) is 8.81. The summed E-state index contributed by atoms with van der Waals surface area (Å²) in [5.74, 6) is -1.08. The minimum Gasteiger partial charge on any atom is -0.325 e. The zero-order valence-electron chi connectivity index (χ0n) is 22.3. The lowest BCUT2D eigenvalue weighted by Crippen LogP contribution is -2.30. The van der Waals surface area contributed by atoms with Gasteiger partial charge in [-0.05, 0) is 91.4 Å². The summed E-state index contributed by atoms with van der Waals surface area (Å²) in [6.45, 7) is 1.48. The molecule has 0 saturated heterocycles. The molecule has 0 spiro atoms. The van der Waals surface area contributed by atoms with Crippen LogP contribution < -0.4 is 16.0 Å². The van der Waals surface area contributed by atoms with Gasteiger partial charge in [0, 0.05) is 37.4 Å². The molecule has 0 aliphatic heterocycles. The molecule has 0 saturated carbocycles. The van der Waals surface area contributed by atoms with Gasteiger partial charge in [-0.3, -0.25) is 19.2 Å². The molecule has 0 fully saturated rings. The topological polar surface area (TPSA) is 104 Å². The Morgan fingerprint density at radius 1 is 0.762 bits per heavy atom. The normalized spacial score (nSPS) is 11.0. The lowest BCUT2D eigenvalue weighted by atomic mass is 10.1. The van der Waals surface area contributed by atoms with Crippen molar-refractivity contribution in [1.29, 1.82) is 0 Å². The van der Waals surface area contributed by atoms with Crippen molar-refractivity contribution in [2.75, 3.05) is 16.4 Å². The highest BCUT2D eigenvalue weighted by atomic mass is 35.5. The summed E-state index contributed by atoms with van der Waals surface area (Å²) in [6, 6.07) is 27.0. The molecule has 0 unspecified atom stereocenters. The predicted octanol–water partition coefficient (Wildman–Crippen LogP) is 7.34. The number of anilines is 2. The average Bonchev–Trinajstić information content (AvgIpc) is 2.98. The molecule has 4 aromatic carbocycles. The van der Waals surface area contributed by atoms with Gasteiger partial charge < -0.3 is 16.0 Å². The van der Waals surface area contributed by atoms with Crippen molar-refractivity contribution in [3.63, 3.8) is 0 Å². The van der Waals surface area contributed by atoms with Gasteiger partial charge >= 0.3 is 0 Å². The summed E-state index contributed by atoms with van der Waals surface area (Å²) in [4.78, 5) is 50.7. The minimum atomic E-state index is -0.555. The number of hydrogen-bond donors (Lipinski definition) is 3. The SMILES string of the molecule is CC(=O)c1ccc(NC(=O)CSc2ccc(NC(=O)/C(=C/c3ccc(Cl)cc3Cl)NC(=O)c3ccccc3)cc2)cc1. The molecular weight excluding hydrogens is 593 g/mol. The van der Waals surface area contributed by atoms with E-state index in [1.54, 1.807) is 97.1 Å². The van der Waals surface area contributed by atoms with Crippen molar-refractivity contribution in [3.8, 4) is 0 Å². The highest BCUT2D eigenvalue weighted by Crippen LogP contribution is 2.24. The fourth-order valence-corrected chi connectivity index (χ4v) is 4.85. The minimum absolute atomic E-state index is 0.0143. The number of ketones is 1. The van der Waals surface area contributed by atoms with Crippen LogP contribution in [0.25, 0.3) is 6.08 Å². The number of hydrogen-bond acceptors (Lipinski definition) is 5. The smallest absolute Gasteiger partial charge is 0.272 e. The van der Waals surface area contributed by atoms with Gasteiger partial charge in [0.2, 0.25) is 5.91 Å². The van der Waals surface area contributed by atoms with E-state index in [9.17, 15) is 19.2 Å². The van der Waals surface area contributed by atoms with Crippen LogP contribution >= 0.6 is 35.0 Å². The van der Waals surface area contributed by atoms with Gasteiger partial charge in [-0.1, -0.05) is 47.5 Å². The van der Waals surface area contributed by atoms with Crippen molar-refractivity contribution >= 4 is 75.9 Å². The first-order valence-electron chi connectivity index (χ1n) is 12.7. The highest BCUT2D eigenvalue weighted by molar-refractivity contribution is 8.00. The van der Waals surface area contributed by atoms with Gasteiger partial charge in [-0.2, -0.15) is 0 Å². The molecule has 0 aromatic heterocycles. The Kier molecular flexibility index (Phi) is 10.6. The molecule has 10 heteroatoms. The van der Waals surface area contributed by atoms with Crippen molar-refractivity contribution in [1.82, 2.24) is 5.32 Å². The molecule has 4 rings (SSSR count). The third-order valence-corrected chi connectivity index (χ3v) is 7.42. The van der Waals surface area contributed by atoms with E-state index in [1.165, 1.54) is 24.8 Å². The second-order valence-electron chi connectivity index (χ2n) is 8.99. The van der Waals surface area contributed by atoms with Crippen molar-refractivity contribution in [3.05, 3.63) is 129 Å². The fraction of sp³-hybridized carbons (Fsp3) is 0.0625. The van der Waals surface area contributed by atoms with Crippen LogP contribution in [0, 0.1) is 0 Å². The lowest BCUT2D eigenvalue weighted by Gasteiger charge is -2.12. The molecule has 7 nitrogen and oxygen atoms in total. The number of carbonyl (C=O) groups is 4. The summed E-state index contributed by atoms with van der Waals surface area (Å²) in [7, 11) is 0. The largest absolute Gasteiger partial charge is 0.325 e. The van der Waals surface area contributed by atoms with E-state index in [-0.39, 0.29) is 23.1 Å². The summed E-state index contributed by atoms with van der Waals surface area (Å²) in [5, 5.41) is 9.01. The van der Waals surface area contributed by atoms with Crippen LogP contribution in [0.5, 0.6) is 0 Å². The van der Waals surface area contributed by atoms with Crippen LogP contribution in [0.15, 0.2) is 108 Å². The molecule has 3 N–H and O–H groups in total. The molecule has 3 amide bonds. The third-order valence-electron chi connectivity index (χ3n) is 5.85. The molecule has 0 radical (unpaired) electrons. The van der Waals surface area contributed by atoms with E-state index >= 15 is 0 Å². The van der Waals surface area contributed by atoms with E-state index in [0.717, 1.165) is 4.90 Å². The maximum Gasteiger partial charge on any atom is 0.272 e. The molecule has 0 atom stereocenters. The number of rotatable bonds is 10. The predicted molar refractivity (Wildman–Crippen MR) is 169 cm³/mol. The Bertz CT molecular complexity index is 1640. The fourth-order valence-electron chi connectivity index (χ4n) is 3.68. The monoisotopic (exact) mass is 617 g/mol. The molecule has 0 aliphatic carbocycles. The maximum absolute atomic E-state index is 13.3. The Balaban J connectivity index is 1.40.